The Hall–Kier alpha value is -1.93. The van der Waals surface area contributed by atoms with E-state index >= 15 is 0 Å². The number of nitrogens with one attached hydrogen (secondary N) is 2. The average molecular weight is 436 g/mol. The molecule has 2 aromatic rings. The second kappa shape index (κ2) is 9.71. The highest BCUT2D eigenvalue weighted by molar-refractivity contribution is 7.89. The van der Waals surface area contributed by atoms with E-state index in [0.29, 0.717) is 6.54 Å². The zero-order valence-corrected chi connectivity index (χ0v) is 18.0. The smallest absolute Gasteiger partial charge is 0.251 e. The summed E-state index contributed by atoms with van der Waals surface area (Å²) in [5.74, 6) is -0.310. The molecule has 8 heteroatoms. The number of benzene rings is 2. The highest BCUT2D eigenvalue weighted by Crippen LogP contribution is 2.26. The van der Waals surface area contributed by atoms with E-state index < -0.39 is 10.0 Å². The van der Waals surface area contributed by atoms with Crippen LogP contribution in [0.3, 0.4) is 0 Å². The maximum absolute atomic E-state index is 12.4. The third-order valence-electron chi connectivity index (χ3n) is 4.68. The first-order valence-corrected chi connectivity index (χ1v) is 11.5. The summed E-state index contributed by atoms with van der Waals surface area (Å²) in [6.07, 6.45) is 2.45. The van der Waals surface area contributed by atoms with Crippen molar-refractivity contribution in [3.63, 3.8) is 0 Å². The van der Waals surface area contributed by atoms with Crippen molar-refractivity contribution < 1.29 is 13.2 Å². The Balaban J connectivity index is 1.49. The SMILES string of the molecule is CN(CCCNC(=O)c1ccc(Cl)c(S(=O)(=O)NC2CC2)c1)Cc1ccccc1. The van der Waals surface area contributed by atoms with E-state index in [-0.39, 0.29) is 27.4 Å². The van der Waals surface area contributed by atoms with Crippen LogP contribution >= 0.6 is 11.6 Å². The van der Waals surface area contributed by atoms with Gasteiger partial charge in [0.05, 0.1) is 5.02 Å². The number of sulfonamides is 1. The lowest BCUT2D eigenvalue weighted by molar-refractivity contribution is 0.0951. The Morgan fingerprint density at radius 2 is 1.90 bits per heavy atom. The molecule has 3 rings (SSSR count). The van der Waals surface area contributed by atoms with E-state index in [1.165, 1.54) is 23.8 Å². The third-order valence-corrected chi connectivity index (χ3v) is 6.68. The number of hydrogen-bond acceptors (Lipinski definition) is 4. The summed E-state index contributed by atoms with van der Waals surface area (Å²) in [6.45, 7) is 2.19. The fourth-order valence-corrected chi connectivity index (χ4v) is 4.79. The molecule has 0 aromatic heterocycles. The van der Waals surface area contributed by atoms with Gasteiger partial charge in [-0.1, -0.05) is 41.9 Å². The zero-order valence-electron chi connectivity index (χ0n) is 16.4. The van der Waals surface area contributed by atoms with Crippen LogP contribution in [0.15, 0.2) is 53.4 Å². The molecule has 2 N–H and O–H groups in total. The molecule has 1 fully saturated rings. The van der Waals surface area contributed by atoms with Crippen molar-refractivity contribution >= 4 is 27.5 Å². The fraction of sp³-hybridized carbons (Fsp3) is 0.381. The van der Waals surface area contributed by atoms with Gasteiger partial charge in [0.15, 0.2) is 0 Å². The second-order valence-electron chi connectivity index (χ2n) is 7.37. The van der Waals surface area contributed by atoms with Gasteiger partial charge in [0.25, 0.3) is 5.91 Å². The van der Waals surface area contributed by atoms with E-state index in [1.54, 1.807) is 0 Å². The van der Waals surface area contributed by atoms with Crippen molar-refractivity contribution in [2.75, 3.05) is 20.1 Å². The summed E-state index contributed by atoms with van der Waals surface area (Å²) in [5, 5.41) is 2.95. The van der Waals surface area contributed by atoms with Crippen LogP contribution in [0.25, 0.3) is 0 Å². The molecule has 6 nitrogen and oxygen atoms in total. The van der Waals surface area contributed by atoms with Gasteiger partial charge in [-0.05, 0) is 56.6 Å². The maximum atomic E-state index is 12.4. The first-order valence-electron chi connectivity index (χ1n) is 9.68. The van der Waals surface area contributed by atoms with Crippen LogP contribution in [0.1, 0.15) is 35.2 Å². The van der Waals surface area contributed by atoms with Gasteiger partial charge in [0.1, 0.15) is 4.90 Å². The molecule has 0 saturated heterocycles. The topological polar surface area (TPSA) is 78.5 Å². The van der Waals surface area contributed by atoms with Crippen molar-refractivity contribution in [2.45, 2.75) is 36.7 Å². The van der Waals surface area contributed by atoms with Gasteiger partial charge >= 0.3 is 0 Å². The van der Waals surface area contributed by atoms with Crippen LogP contribution in [0.2, 0.25) is 5.02 Å². The molecule has 0 heterocycles. The monoisotopic (exact) mass is 435 g/mol. The van der Waals surface area contributed by atoms with Crippen LogP contribution < -0.4 is 10.0 Å². The van der Waals surface area contributed by atoms with Crippen molar-refractivity contribution in [2.24, 2.45) is 0 Å². The minimum absolute atomic E-state index is 0.0265. The van der Waals surface area contributed by atoms with Crippen LogP contribution in [0, 0.1) is 0 Å². The molecule has 1 aliphatic rings. The molecule has 1 aliphatic carbocycles. The number of hydrogen-bond donors (Lipinski definition) is 2. The molecule has 156 valence electrons. The number of halogens is 1. The highest BCUT2D eigenvalue weighted by Gasteiger charge is 2.29. The lowest BCUT2D eigenvalue weighted by Crippen LogP contribution is -2.29. The molecule has 1 saturated carbocycles. The number of nitrogens with zero attached hydrogens (tertiary/aromatic N) is 1. The molecule has 2 aromatic carbocycles. The van der Waals surface area contributed by atoms with Gasteiger partial charge in [-0.15, -0.1) is 0 Å². The minimum atomic E-state index is -3.72. The van der Waals surface area contributed by atoms with E-state index in [9.17, 15) is 13.2 Å². The molecule has 0 unspecified atom stereocenters. The largest absolute Gasteiger partial charge is 0.352 e. The standard InChI is InChI=1S/C21H26ClN3O3S/c1-25(15-16-6-3-2-4-7-16)13-5-12-23-21(26)17-8-11-19(22)20(14-17)29(27,28)24-18-9-10-18/h2-4,6-8,11,14,18,24H,5,9-10,12-13,15H2,1H3,(H,23,26). The molecule has 0 spiro atoms. The molecular formula is C21H26ClN3O3S. The zero-order chi connectivity index (χ0) is 20.9. The number of carbonyl (C=O) groups excluding carboxylic acids is 1. The van der Waals surface area contributed by atoms with Gasteiger partial charge < -0.3 is 10.2 Å². The van der Waals surface area contributed by atoms with E-state index in [0.717, 1.165) is 32.4 Å². The van der Waals surface area contributed by atoms with E-state index in [2.05, 4.69) is 27.1 Å². The molecular weight excluding hydrogens is 410 g/mol. The molecule has 1 amide bonds. The number of amides is 1. The summed E-state index contributed by atoms with van der Waals surface area (Å²) >= 11 is 6.06. The molecule has 0 aliphatic heterocycles. The minimum Gasteiger partial charge on any atom is -0.352 e. The summed E-state index contributed by atoms with van der Waals surface area (Å²) in [6, 6.07) is 14.5. The van der Waals surface area contributed by atoms with E-state index in [4.69, 9.17) is 11.6 Å². The van der Waals surface area contributed by atoms with Crippen LogP contribution in [-0.4, -0.2) is 45.4 Å². The first kappa shape index (κ1) is 21.8. The molecule has 29 heavy (non-hydrogen) atoms. The van der Waals surface area contributed by atoms with Crippen molar-refractivity contribution in [1.29, 1.82) is 0 Å². The van der Waals surface area contributed by atoms with Gasteiger partial charge in [0, 0.05) is 24.7 Å². The lowest BCUT2D eigenvalue weighted by atomic mass is 10.2. The van der Waals surface area contributed by atoms with Crippen molar-refractivity contribution in [3.05, 3.63) is 64.7 Å². The Kier molecular flexibility index (Phi) is 7.29. The normalized spacial score (nSPS) is 14.2. The molecule has 0 bridgehead atoms. The summed E-state index contributed by atoms with van der Waals surface area (Å²) in [7, 11) is -1.68. The van der Waals surface area contributed by atoms with Crippen LogP contribution in [0.5, 0.6) is 0 Å². The van der Waals surface area contributed by atoms with E-state index in [1.807, 2.05) is 25.2 Å². The quantitative estimate of drug-likeness (QED) is 0.562. The fourth-order valence-electron chi connectivity index (χ4n) is 2.96. The van der Waals surface area contributed by atoms with Gasteiger partial charge in [-0.25, -0.2) is 13.1 Å². The van der Waals surface area contributed by atoms with Crippen LogP contribution in [0.4, 0.5) is 0 Å². The second-order valence-corrected chi connectivity index (χ2v) is 9.46. The Labute approximate surface area is 177 Å². The van der Waals surface area contributed by atoms with Crippen molar-refractivity contribution in [3.8, 4) is 0 Å². The summed E-state index contributed by atoms with van der Waals surface area (Å²) in [4.78, 5) is 14.6. The number of carbonyl (C=O) groups is 1. The maximum Gasteiger partial charge on any atom is 0.251 e. The molecule has 0 radical (unpaired) electrons. The first-order chi connectivity index (χ1) is 13.8. The van der Waals surface area contributed by atoms with Gasteiger partial charge in [-0.3, -0.25) is 4.79 Å². The summed E-state index contributed by atoms with van der Waals surface area (Å²) < 4.78 is 27.5. The van der Waals surface area contributed by atoms with Gasteiger partial charge in [0.2, 0.25) is 10.0 Å². The Bertz CT molecular complexity index is 947. The highest BCUT2D eigenvalue weighted by atomic mass is 35.5. The summed E-state index contributed by atoms with van der Waals surface area (Å²) in [5.41, 5.74) is 1.52. The lowest BCUT2D eigenvalue weighted by Gasteiger charge is -2.16. The average Bonchev–Trinajstić information content (AvgIpc) is 3.49. The predicted octanol–water partition coefficient (Wildman–Crippen LogP) is 3.03. The Morgan fingerprint density at radius 3 is 2.59 bits per heavy atom. The molecule has 0 atom stereocenters. The number of rotatable bonds is 10. The van der Waals surface area contributed by atoms with Crippen LogP contribution in [-0.2, 0) is 16.6 Å². The predicted molar refractivity (Wildman–Crippen MR) is 115 cm³/mol. The van der Waals surface area contributed by atoms with Crippen molar-refractivity contribution in [1.82, 2.24) is 14.9 Å². The van der Waals surface area contributed by atoms with Gasteiger partial charge in [-0.2, -0.15) is 0 Å². The third kappa shape index (κ3) is 6.54. The Morgan fingerprint density at radius 1 is 1.17 bits per heavy atom.